The molecule has 1 aromatic heterocycles. The highest BCUT2D eigenvalue weighted by Gasteiger charge is 2.45. The first kappa shape index (κ1) is 16.4. The summed E-state index contributed by atoms with van der Waals surface area (Å²) in [6.07, 6.45) is 2.00. The highest BCUT2D eigenvalue weighted by atomic mass is 16.2. The molecule has 128 valence electrons. The van der Waals surface area contributed by atoms with Crippen molar-refractivity contribution in [3.63, 3.8) is 0 Å². The van der Waals surface area contributed by atoms with Crippen LogP contribution in [-0.2, 0) is 9.59 Å². The van der Waals surface area contributed by atoms with Gasteiger partial charge in [-0.3, -0.25) is 14.4 Å². The number of fused-ring (bicyclic) bond motifs is 1. The molecule has 2 aliphatic heterocycles. The van der Waals surface area contributed by atoms with E-state index in [-0.39, 0.29) is 36.2 Å². The van der Waals surface area contributed by atoms with Crippen molar-refractivity contribution in [2.45, 2.75) is 38.3 Å². The standard InChI is InChI=1S/C16H21N5O3/c1-9(2)14-17-5-4-11(19-14)15(23)18-10-6-12-16(24)20(3)8-13(22)21(12)7-10/h4-5,9-10,12H,6-8H2,1-3H3,(H,18,23)/t10-,12-/m0/s1. The van der Waals surface area contributed by atoms with Gasteiger partial charge >= 0.3 is 0 Å². The van der Waals surface area contributed by atoms with Gasteiger partial charge in [-0.1, -0.05) is 13.8 Å². The van der Waals surface area contributed by atoms with Crippen molar-refractivity contribution in [3.8, 4) is 0 Å². The quantitative estimate of drug-likeness (QED) is 0.825. The van der Waals surface area contributed by atoms with Crippen molar-refractivity contribution in [1.82, 2.24) is 25.1 Å². The molecule has 2 aliphatic rings. The van der Waals surface area contributed by atoms with Gasteiger partial charge < -0.3 is 15.1 Å². The molecule has 2 atom stereocenters. The number of aromatic nitrogens is 2. The Morgan fingerprint density at radius 1 is 1.38 bits per heavy atom. The summed E-state index contributed by atoms with van der Waals surface area (Å²) in [7, 11) is 1.62. The first-order valence-corrected chi connectivity index (χ1v) is 8.05. The van der Waals surface area contributed by atoms with E-state index in [4.69, 9.17) is 0 Å². The Bertz CT molecular complexity index is 690. The molecule has 2 saturated heterocycles. The van der Waals surface area contributed by atoms with Gasteiger partial charge in [-0.2, -0.15) is 0 Å². The molecule has 0 aromatic carbocycles. The van der Waals surface area contributed by atoms with Crippen molar-refractivity contribution >= 4 is 17.7 Å². The topological polar surface area (TPSA) is 95.5 Å². The lowest BCUT2D eigenvalue weighted by Crippen LogP contribution is -2.55. The van der Waals surface area contributed by atoms with Gasteiger partial charge in [0, 0.05) is 31.7 Å². The van der Waals surface area contributed by atoms with Crippen LogP contribution in [0.3, 0.4) is 0 Å². The summed E-state index contributed by atoms with van der Waals surface area (Å²) in [5.41, 5.74) is 0.299. The number of carbonyl (C=O) groups is 3. The lowest BCUT2D eigenvalue weighted by Gasteiger charge is -2.33. The number of carbonyl (C=O) groups excluding carboxylic acids is 3. The maximum atomic E-state index is 12.4. The third-order valence-corrected chi connectivity index (χ3v) is 4.41. The van der Waals surface area contributed by atoms with Crippen molar-refractivity contribution < 1.29 is 14.4 Å². The van der Waals surface area contributed by atoms with E-state index < -0.39 is 6.04 Å². The number of nitrogens with one attached hydrogen (secondary N) is 1. The summed E-state index contributed by atoms with van der Waals surface area (Å²) < 4.78 is 0. The lowest BCUT2D eigenvalue weighted by molar-refractivity contribution is -0.152. The van der Waals surface area contributed by atoms with Crippen LogP contribution in [0.5, 0.6) is 0 Å². The number of rotatable bonds is 3. The van der Waals surface area contributed by atoms with E-state index in [9.17, 15) is 14.4 Å². The SMILES string of the molecule is CC(C)c1nccc(C(=O)N[C@H]2C[C@H]3C(=O)N(C)CC(=O)N3C2)n1. The van der Waals surface area contributed by atoms with Crippen LogP contribution in [0, 0.1) is 0 Å². The second kappa shape index (κ2) is 6.18. The minimum Gasteiger partial charge on any atom is -0.346 e. The molecule has 1 aromatic rings. The fourth-order valence-electron chi connectivity index (χ4n) is 3.11. The number of likely N-dealkylation sites (N-methyl/N-ethyl adjacent to an activating group) is 1. The predicted octanol–water partition coefficient (Wildman–Crippen LogP) is -0.229. The van der Waals surface area contributed by atoms with Crippen molar-refractivity contribution in [3.05, 3.63) is 23.8 Å². The summed E-state index contributed by atoms with van der Waals surface area (Å²) in [4.78, 5) is 48.0. The fourth-order valence-corrected chi connectivity index (χ4v) is 3.11. The minimum atomic E-state index is -0.474. The molecule has 3 amide bonds. The molecule has 3 rings (SSSR count). The van der Waals surface area contributed by atoms with Crippen molar-refractivity contribution in [2.75, 3.05) is 20.1 Å². The average Bonchev–Trinajstić information content (AvgIpc) is 2.97. The lowest BCUT2D eigenvalue weighted by atomic mass is 10.1. The monoisotopic (exact) mass is 331 g/mol. The number of hydrogen-bond acceptors (Lipinski definition) is 5. The second-order valence-corrected chi connectivity index (χ2v) is 6.62. The maximum Gasteiger partial charge on any atom is 0.270 e. The van der Waals surface area contributed by atoms with Crippen molar-refractivity contribution in [2.24, 2.45) is 0 Å². The first-order chi connectivity index (χ1) is 11.4. The largest absolute Gasteiger partial charge is 0.346 e. The molecular weight excluding hydrogens is 310 g/mol. The summed E-state index contributed by atoms with van der Waals surface area (Å²) in [5, 5.41) is 2.88. The number of amides is 3. The molecule has 0 bridgehead atoms. The Morgan fingerprint density at radius 2 is 2.12 bits per heavy atom. The van der Waals surface area contributed by atoms with Crippen LogP contribution in [0.4, 0.5) is 0 Å². The van der Waals surface area contributed by atoms with Crippen LogP contribution >= 0.6 is 0 Å². The zero-order chi connectivity index (χ0) is 17.4. The number of piperazine rings is 1. The van der Waals surface area contributed by atoms with E-state index in [1.54, 1.807) is 24.2 Å². The third kappa shape index (κ3) is 2.95. The second-order valence-electron chi connectivity index (χ2n) is 6.62. The molecule has 8 nitrogen and oxygen atoms in total. The molecule has 8 heteroatoms. The Kier molecular flexibility index (Phi) is 4.21. The summed E-state index contributed by atoms with van der Waals surface area (Å²) >= 11 is 0. The molecule has 24 heavy (non-hydrogen) atoms. The Morgan fingerprint density at radius 3 is 2.83 bits per heavy atom. The van der Waals surface area contributed by atoms with Crippen LogP contribution < -0.4 is 5.32 Å². The average molecular weight is 331 g/mol. The van der Waals surface area contributed by atoms with Gasteiger partial charge in [0.25, 0.3) is 5.91 Å². The normalized spacial score (nSPS) is 23.7. The third-order valence-electron chi connectivity index (χ3n) is 4.41. The van der Waals surface area contributed by atoms with Gasteiger partial charge in [0.05, 0.1) is 6.54 Å². The number of nitrogens with zero attached hydrogens (tertiary/aromatic N) is 4. The first-order valence-electron chi connectivity index (χ1n) is 8.05. The molecule has 0 radical (unpaired) electrons. The van der Waals surface area contributed by atoms with E-state index in [1.807, 2.05) is 13.8 Å². The maximum absolute atomic E-state index is 12.4. The van der Waals surface area contributed by atoms with Crippen molar-refractivity contribution in [1.29, 1.82) is 0 Å². The van der Waals surface area contributed by atoms with Crippen LogP contribution in [-0.4, -0.2) is 69.7 Å². The molecule has 0 spiro atoms. The number of hydrogen-bond donors (Lipinski definition) is 1. The Balaban J connectivity index is 1.69. The Hall–Kier alpha value is -2.51. The highest BCUT2D eigenvalue weighted by Crippen LogP contribution is 2.23. The zero-order valence-corrected chi connectivity index (χ0v) is 14.0. The molecule has 0 unspecified atom stereocenters. The highest BCUT2D eigenvalue weighted by molar-refractivity contribution is 5.96. The summed E-state index contributed by atoms with van der Waals surface area (Å²) in [6.45, 7) is 4.37. The van der Waals surface area contributed by atoms with E-state index >= 15 is 0 Å². The van der Waals surface area contributed by atoms with Gasteiger partial charge in [-0.25, -0.2) is 9.97 Å². The van der Waals surface area contributed by atoms with Gasteiger partial charge in [0.1, 0.15) is 17.6 Å². The van der Waals surface area contributed by atoms with E-state index in [2.05, 4.69) is 15.3 Å². The molecule has 0 aliphatic carbocycles. The van der Waals surface area contributed by atoms with E-state index in [1.165, 1.54) is 4.90 Å². The van der Waals surface area contributed by atoms with Crippen LogP contribution in [0.15, 0.2) is 12.3 Å². The summed E-state index contributed by atoms with van der Waals surface area (Å²) in [6, 6.07) is 0.839. The van der Waals surface area contributed by atoms with Gasteiger partial charge in [0.2, 0.25) is 11.8 Å². The van der Waals surface area contributed by atoms with Gasteiger partial charge in [-0.05, 0) is 12.5 Å². The van der Waals surface area contributed by atoms with Crippen LogP contribution in [0.25, 0.3) is 0 Å². The zero-order valence-electron chi connectivity index (χ0n) is 14.0. The summed E-state index contributed by atoms with van der Waals surface area (Å²) in [5.74, 6) is 0.276. The minimum absolute atomic E-state index is 0.0736. The van der Waals surface area contributed by atoms with E-state index in [0.717, 1.165) is 0 Å². The molecule has 1 N–H and O–H groups in total. The van der Waals surface area contributed by atoms with Crippen LogP contribution in [0.2, 0.25) is 0 Å². The Labute approximate surface area is 140 Å². The fraction of sp³-hybridized carbons (Fsp3) is 0.562. The molecule has 0 saturated carbocycles. The smallest absolute Gasteiger partial charge is 0.270 e. The van der Waals surface area contributed by atoms with E-state index in [0.29, 0.717) is 24.5 Å². The molecular formula is C16H21N5O3. The molecule has 2 fully saturated rings. The van der Waals surface area contributed by atoms with Crippen LogP contribution in [0.1, 0.15) is 42.5 Å². The van der Waals surface area contributed by atoms with Gasteiger partial charge in [0.15, 0.2) is 0 Å². The van der Waals surface area contributed by atoms with Gasteiger partial charge in [-0.15, -0.1) is 0 Å². The predicted molar refractivity (Wildman–Crippen MR) is 85.1 cm³/mol. The molecule has 3 heterocycles.